The van der Waals surface area contributed by atoms with E-state index in [1.807, 2.05) is 32.1 Å². The first-order valence-corrected chi connectivity index (χ1v) is 12.9. The van der Waals surface area contributed by atoms with Crippen molar-refractivity contribution in [3.8, 4) is 0 Å². The zero-order valence-electron chi connectivity index (χ0n) is 23.8. The Balaban J connectivity index is -0.000000382. The molecule has 0 unspecified atom stereocenters. The first kappa shape index (κ1) is 47.5. The Morgan fingerprint density at radius 1 is 0.786 bits per heavy atom. The molecule has 0 spiro atoms. The van der Waals surface area contributed by atoms with E-state index in [0.29, 0.717) is 5.92 Å². The summed E-state index contributed by atoms with van der Waals surface area (Å²) in [6.45, 7) is 29.6. The summed E-state index contributed by atoms with van der Waals surface area (Å²) in [6, 6.07) is 10.9. The summed E-state index contributed by atoms with van der Waals surface area (Å²) in [6.07, 6.45) is 26.4. The summed E-state index contributed by atoms with van der Waals surface area (Å²) in [4.78, 5) is 0. The zero-order chi connectivity index (χ0) is 32.1. The van der Waals surface area contributed by atoms with Crippen molar-refractivity contribution in [2.45, 2.75) is 51.6 Å². The van der Waals surface area contributed by atoms with E-state index in [2.05, 4.69) is 138 Å². The number of hydrogen-bond donors (Lipinski definition) is 0. The van der Waals surface area contributed by atoms with Crippen LogP contribution in [-0.2, 0) is 66.3 Å². The van der Waals surface area contributed by atoms with Gasteiger partial charge in [-0.3, -0.25) is 0 Å². The Kier molecular flexibility index (Phi) is 36.7. The molecule has 0 N–H and O–H groups in total. The van der Waals surface area contributed by atoms with Crippen LogP contribution in [0, 0.1) is 109 Å². The number of rotatable bonds is 6. The van der Waals surface area contributed by atoms with Crippen LogP contribution in [0.15, 0.2) is 42.5 Å². The standard InChI is InChI=1S/C24H29O.C5H5.5CO.Cr.Fe/c1-19-15-16-22(24(2,3)21-13-5-4-6-14-21)23(18-19)25-17-9-12-20-10-7-8-11-20;1-2-4-5-3-1;5*1-2;;/h4-14,19,22-23H,15-16,18H2,1-3H3;1-5H;;;;;;;/q;;;;;;;;+2/b12-9+;;;;;;;;/t19-,22-,23-;;;;;;;;/m1......../s1. The minimum atomic E-state index is 0. The van der Waals surface area contributed by atoms with Crippen molar-refractivity contribution in [3.05, 3.63) is 145 Å². The average Bonchev–Trinajstić information content (AvgIpc) is 3.80. The van der Waals surface area contributed by atoms with Gasteiger partial charge in [0, 0.05) is 0 Å². The van der Waals surface area contributed by atoms with Crippen molar-refractivity contribution in [2.75, 3.05) is 0 Å². The first-order valence-electron chi connectivity index (χ1n) is 12.3. The maximum atomic E-state index is 7.50. The van der Waals surface area contributed by atoms with Gasteiger partial charge in [0.05, 0.1) is 0 Å². The van der Waals surface area contributed by atoms with Gasteiger partial charge in [-0.15, -0.1) is 0 Å². The van der Waals surface area contributed by atoms with E-state index < -0.39 is 0 Å². The van der Waals surface area contributed by atoms with E-state index in [1.54, 1.807) is 0 Å². The molecule has 4 rings (SSSR count). The Hall–Kier alpha value is -1.46. The molecule has 8 heteroatoms. The summed E-state index contributed by atoms with van der Waals surface area (Å²) in [5, 5.41) is 0. The Bertz CT molecular complexity index is 867. The summed E-state index contributed by atoms with van der Waals surface area (Å²) in [5.74, 6) is 2.44. The van der Waals surface area contributed by atoms with Crippen LogP contribution in [0.1, 0.15) is 45.6 Å². The first-order chi connectivity index (χ1) is 20.0. The molecule has 0 heterocycles. The third-order valence-electron chi connectivity index (χ3n) is 6.42. The van der Waals surface area contributed by atoms with Gasteiger partial charge in [-0.25, -0.2) is 0 Å². The van der Waals surface area contributed by atoms with Crippen LogP contribution in [0.2, 0.25) is 0 Å². The minimum absolute atomic E-state index is 0. The molecule has 1 aromatic carbocycles. The predicted octanol–water partition coefficient (Wildman–Crippen LogP) is 6.26. The maximum absolute atomic E-state index is 7.50. The fourth-order valence-corrected chi connectivity index (χ4v) is 4.84. The molecule has 0 aliphatic heterocycles. The average molecular weight is 646 g/mol. The van der Waals surface area contributed by atoms with Crippen molar-refractivity contribution >= 4 is 4.57 Å². The van der Waals surface area contributed by atoms with Gasteiger partial charge >= 0.3 is 242 Å². The third-order valence-corrected chi connectivity index (χ3v) is 6.78. The van der Waals surface area contributed by atoms with Crippen molar-refractivity contribution in [1.29, 1.82) is 0 Å². The molecule has 0 bridgehead atoms. The molecule has 3 aliphatic rings. The minimum Gasteiger partial charge on any atom is -0.0312 e. The van der Waals surface area contributed by atoms with Crippen LogP contribution < -0.4 is 0 Å². The fourth-order valence-electron chi connectivity index (χ4n) is 4.54. The molecule has 0 amide bonds. The van der Waals surface area contributed by atoms with Gasteiger partial charge in [0.2, 0.25) is 0 Å². The van der Waals surface area contributed by atoms with Crippen LogP contribution in [0.25, 0.3) is 0 Å². The van der Waals surface area contributed by atoms with E-state index in [1.165, 1.54) is 24.3 Å². The smallest absolute Gasteiger partial charge is 0.0312 e. The molecule has 6 nitrogen and oxygen atoms in total. The molecule has 10 radical (unpaired) electrons. The van der Waals surface area contributed by atoms with E-state index in [9.17, 15) is 0 Å². The SMILES string of the molecule is C[C@@H]1CC[C@@H](C(C)(C)c2ccccc2)[C@H](O[C](=[Cr])/C=C/[C]2[CH][CH][CH][CH]2)C1.[C-]#[O+].[C-]#[O+].[C-]#[O+].[C-]#[O+].[C-]#[O+].[CH]1[CH][CH][CH][CH]1.[Fe+2]. The van der Waals surface area contributed by atoms with Crippen LogP contribution in [0.4, 0.5) is 0 Å². The summed E-state index contributed by atoms with van der Waals surface area (Å²) in [5.41, 5.74) is 1.50. The van der Waals surface area contributed by atoms with E-state index in [-0.39, 0.29) is 28.6 Å². The van der Waals surface area contributed by atoms with Crippen molar-refractivity contribution in [3.63, 3.8) is 0 Å². The van der Waals surface area contributed by atoms with Gasteiger partial charge < -0.3 is 0 Å². The summed E-state index contributed by atoms with van der Waals surface area (Å²) in [7, 11) is 0. The van der Waals surface area contributed by atoms with Gasteiger partial charge in [0.1, 0.15) is 0 Å². The normalized spacial score (nSPS) is 20.4. The van der Waals surface area contributed by atoms with Gasteiger partial charge in [0.25, 0.3) is 0 Å². The molecule has 0 saturated heterocycles. The Morgan fingerprint density at radius 2 is 1.24 bits per heavy atom. The topological polar surface area (TPSA) is 109 Å². The number of hydrogen-bond acceptors (Lipinski definition) is 1. The Morgan fingerprint density at radius 3 is 1.69 bits per heavy atom. The van der Waals surface area contributed by atoms with Gasteiger partial charge in [-0.2, -0.15) is 0 Å². The molecule has 1 aromatic rings. The van der Waals surface area contributed by atoms with Crippen LogP contribution >= 0.6 is 0 Å². The number of benzene rings is 1. The van der Waals surface area contributed by atoms with Crippen LogP contribution in [-0.4, -0.2) is 10.7 Å². The maximum Gasteiger partial charge on any atom is 2.00 e. The molecule has 3 saturated carbocycles. The number of allylic oxidation sites excluding steroid dienone is 1. The summed E-state index contributed by atoms with van der Waals surface area (Å²) >= 11 is 3.12. The second-order valence-corrected chi connectivity index (χ2v) is 9.73. The molecule has 3 aliphatic carbocycles. The second kappa shape index (κ2) is 32.5. The van der Waals surface area contributed by atoms with Gasteiger partial charge in [-0.05, 0) is 32.1 Å². The van der Waals surface area contributed by atoms with Gasteiger partial charge in [0.15, 0.2) is 0 Å². The van der Waals surface area contributed by atoms with Crippen LogP contribution in [0.3, 0.4) is 0 Å². The fraction of sp³-hybridized carbons (Fsp3) is 0.294. The number of ether oxygens (including phenoxy) is 1. The summed E-state index contributed by atoms with van der Waals surface area (Å²) < 4.78 is 44.8. The molecule has 0 aromatic heterocycles. The molecule has 218 valence electrons. The van der Waals surface area contributed by atoms with Crippen LogP contribution in [0.5, 0.6) is 0 Å². The van der Waals surface area contributed by atoms with E-state index in [4.69, 9.17) is 28.0 Å². The second-order valence-electron chi connectivity index (χ2n) is 9.10. The predicted molar refractivity (Wildman–Crippen MR) is 147 cm³/mol. The molecular weight excluding hydrogens is 612 g/mol. The molecule has 3 atom stereocenters. The largest absolute Gasteiger partial charge is 2.00 e. The van der Waals surface area contributed by atoms with Gasteiger partial charge in [-0.1, -0.05) is 0 Å². The van der Waals surface area contributed by atoms with Crippen molar-refractivity contribution in [2.24, 2.45) is 11.8 Å². The zero-order valence-corrected chi connectivity index (χ0v) is 26.2. The van der Waals surface area contributed by atoms with E-state index in [0.717, 1.165) is 16.9 Å². The molecular formula is C34H34CrFeO6+2. The third kappa shape index (κ3) is 19.7. The van der Waals surface area contributed by atoms with Crippen molar-refractivity contribution in [1.82, 2.24) is 0 Å². The quantitative estimate of drug-likeness (QED) is 0.203. The van der Waals surface area contributed by atoms with Crippen molar-refractivity contribution < 1.29 is 60.9 Å². The molecule has 42 heavy (non-hydrogen) atoms. The molecule has 3 fully saturated rings. The monoisotopic (exact) mass is 646 g/mol. The van der Waals surface area contributed by atoms with E-state index >= 15 is 0 Å². The Labute approximate surface area is 272 Å².